The summed E-state index contributed by atoms with van der Waals surface area (Å²) in [5, 5.41) is 19.6. The molecular weight excluding hydrogens is 649 g/mol. The van der Waals surface area contributed by atoms with Gasteiger partial charge in [0.05, 0.1) is 29.3 Å². The number of carboxylic acids is 1. The topological polar surface area (TPSA) is 135 Å². The molecule has 5 aromatic rings. The van der Waals surface area contributed by atoms with Gasteiger partial charge in [-0.1, -0.05) is 78.9 Å². The summed E-state index contributed by atoms with van der Waals surface area (Å²) < 4.78 is 41.2. The molecule has 1 saturated heterocycles. The number of nitrogens with zero attached hydrogens (tertiary/aromatic N) is 1. The van der Waals surface area contributed by atoms with Gasteiger partial charge in [0.2, 0.25) is 10.0 Å². The van der Waals surface area contributed by atoms with E-state index in [1.807, 2.05) is 72.8 Å². The van der Waals surface area contributed by atoms with E-state index < -0.39 is 22.3 Å². The number of hydrogen-bond acceptors (Lipinski definition) is 8. The lowest BCUT2D eigenvalue weighted by Crippen LogP contribution is -2.31. The summed E-state index contributed by atoms with van der Waals surface area (Å²) in [6, 6.07) is 34.6. The summed E-state index contributed by atoms with van der Waals surface area (Å²) in [5.41, 5.74) is 5.32. The number of rotatable bonds is 12. The highest BCUT2D eigenvalue weighted by molar-refractivity contribution is 7.99. The highest BCUT2D eigenvalue weighted by atomic mass is 32.2. The second kappa shape index (κ2) is 15.2. The molecule has 1 fully saturated rings. The van der Waals surface area contributed by atoms with Crippen molar-refractivity contribution in [3.05, 3.63) is 149 Å². The molecule has 48 heavy (non-hydrogen) atoms. The van der Waals surface area contributed by atoms with Crippen molar-refractivity contribution in [2.75, 3.05) is 5.75 Å². The Morgan fingerprint density at radius 2 is 1.58 bits per heavy atom. The van der Waals surface area contributed by atoms with Crippen LogP contribution >= 0.6 is 11.8 Å². The maximum absolute atomic E-state index is 12.8. The first-order chi connectivity index (χ1) is 23.3. The summed E-state index contributed by atoms with van der Waals surface area (Å²) in [4.78, 5) is 16.3. The zero-order valence-electron chi connectivity index (χ0n) is 25.8. The molecule has 11 heteroatoms. The molecule has 9 nitrogen and oxygen atoms in total. The Morgan fingerprint density at radius 3 is 2.33 bits per heavy atom. The van der Waals surface area contributed by atoms with Gasteiger partial charge in [0.1, 0.15) is 5.03 Å². The number of aromatic carboxylic acids is 1. The smallest absolute Gasteiger partial charge is 0.338 e. The Bertz CT molecular complexity index is 1970. The predicted molar refractivity (Wildman–Crippen MR) is 183 cm³/mol. The van der Waals surface area contributed by atoms with Gasteiger partial charge in [0.15, 0.2) is 6.29 Å². The van der Waals surface area contributed by atoms with Crippen molar-refractivity contribution in [1.29, 1.82) is 0 Å². The van der Waals surface area contributed by atoms with Crippen molar-refractivity contribution in [1.82, 2.24) is 9.71 Å². The maximum Gasteiger partial charge on any atom is 0.338 e. The van der Waals surface area contributed by atoms with E-state index in [1.165, 1.54) is 17.8 Å². The molecule has 4 aromatic carbocycles. The van der Waals surface area contributed by atoms with Crippen molar-refractivity contribution < 1.29 is 32.9 Å². The minimum Gasteiger partial charge on any atom is -0.478 e. The fourth-order valence-corrected chi connectivity index (χ4v) is 7.49. The normalized spacial score (nSPS) is 18.0. The molecule has 246 valence electrons. The minimum atomic E-state index is -3.65. The number of pyridine rings is 1. The van der Waals surface area contributed by atoms with Gasteiger partial charge < -0.3 is 19.7 Å². The number of aliphatic hydroxyl groups is 1. The number of carbonyl (C=O) groups is 1. The highest BCUT2D eigenvalue weighted by Crippen LogP contribution is 2.40. The van der Waals surface area contributed by atoms with Gasteiger partial charge >= 0.3 is 5.97 Å². The average Bonchev–Trinajstić information content (AvgIpc) is 3.13. The third-order valence-corrected chi connectivity index (χ3v) is 10.5. The lowest BCUT2D eigenvalue weighted by molar-refractivity contribution is -0.245. The van der Waals surface area contributed by atoms with Gasteiger partial charge in [-0.3, -0.25) is 0 Å². The monoisotopic (exact) mass is 682 g/mol. The van der Waals surface area contributed by atoms with Crippen LogP contribution in [0.2, 0.25) is 0 Å². The van der Waals surface area contributed by atoms with Gasteiger partial charge in [-0.05, 0) is 64.2 Å². The zero-order chi connectivity index (χ0) is 33.5. The van der Waals surface area contributed by atoms with Gasteiger partial charge in [-0.2, -0.15) is 0 Å². The van der Waals surface area contributed by atoms with Crippen LogP contribution in [0, 0.1) is 0 Å². The Morgan fingerprint density at radius 1 is 0.833 bits per heavy atom. The zero-order valence-corrected chi connectivity index (χ0v) is 27.4. The van der Waals surface area contributed by atoms with Crippen molar-refractivity contribution in [2.45, 2.75) is 48.0 Å². The van der Waals surface area contributed by atoms with E-state index in [4.69, 9.17) is 9.47 Å². The molecule has 0 amide bonds. The summed E-state index contributed by atoms with van der Waals surface area (Å²) in [5.74, 6) is -0.573. The number of nitrogens with one attached hydrogen (secondary N) is 1. The molecule has 0 spiro atoms. The van der Waals surface area contributed by atoms with E-state index in [0.29, 0.717) is 17.2 Å². The predicted octanol–water partition coefficient (Wildman–Crippen LogP) is 6.76. The summed E-state index contributed by atoms with van der Waals surface area (Å²) >= 11 is 1.33. The molecule has 1 aliphatic rings. The lowest BCUT2D eigenvalue weighted by Gasteiger charge is -2.36. The Hall–Kier alpha value is -4.36. The Labute approximate surface area is 283 Å². The SMILES string of the molecule is O=C(O)c1cccnc1SC[C@H]1C[C@@H](c2ccc(CO)cc2)O[C@@H](c2cccc(-c3cccc(CNS(=O)(=O)c4ccccc4)c3)c2)O1. The molecule has 0 bridgehead atoms. The molecule has 0 radical (unpaired) electrons. The van der Waals surface area contributed by atoms with Gasteiger partial charge in [-0.25, -0.2) is 22.9 Å². The van der Waals surface area contributed by atoms with Crippen LogP contribution in [-0.2, 0) is 32.6 Å². The van der Waals surface area contributed by atoms with E-state index in [2.05, 4.69) is 9.71 Å². The quantitative estimate of drug-likeness (QED) is 0.122. The molecule has 0 aliphatic carbocycles. The second-order valence-corrected chi connectivity index (χ2v) is 14.1. The Kier molecular flexibility index (Phi) is 10.7. The van der Waals surface area contributed by atoms with Crippen LogP contribution < -0.4 is 4.72 Å². The lowest BCUT2D eigenvalue weighted by atomic mass is 9.99. The van der Waals surface area contributed by atoms with E-state index in [9.17, 15) is 23.4 Å². The van der Waals surface area contributed by atoms with Crippen LogP contribution in [0.15, 0.2) is 131 Å². The van der Waals surface area contributed by atoms with Crippen LogP contribution in [-0.4, -0.2) is 41.4 Å². The number of thioether (sulfide) groups is 1. The first kappa shape index (κ1) is 33.5. The first-order valence-corrected chi connectivity index (χ1v) is 17.8. The van der Waals surface area contributed by atoms with E-state index in [-0.39, 0.29) is 35.8 Å². The van der Waals surface area contributed by atoms with E-state index >= 15 is 0 Å². The van der Waals surface area contributed by atoms with Gasteiger partial charge in [-0.15, -0.1) is 11.8 Å². The minimum absolute atomic E-state index is 0.0559. The molecule has 2 heterocycles. The number of ether oxygens (including phenoxy) is 2. The molecular formula is C37H34N2O7S2. The van der Waals surface area contributed by atoms with Gasteiger partial charge in [0, 0.05) is 30.5 Å². The fourth-order valence-electron chi connectivity index (χ4n) is 5.45. The van der Waals surface area contributed by atoms with Crippen LogP contribution in [0.5, 0.6) is 0 Å². The molecule has 3 N–H and O–H groups in total. The molecule has 1 aromatic heterocycles. The molecule has 6 rings (SSSR count). The van der Waals surface area contributed by atoms with Crippen molar-refractivity contribution >= 4 is 27.8 Å². The largest absolute Gasteiger partial charge is 0.478 e. The molecule has 3 atom stereocenters. The average molecular weight is 683 g/mol. The molecule has 0 saturated carbocycles. The number of sulfonamides is 1. The van der Waals surface area contributed by atoms with Crippen LogP contribution in [0.1, 0.15) is 51.4 Å². The van der Waals surface area contributed by atoms with Crippen molar-refractivity contribution in [3.8, 4) is 11.1 Å². The number of aromatic nitrogens is 1. The summed E-state index contributed by atoms with van der Waals surface area (Å²) in [6.07, 6.45) is 0.805. The van der Waals surface area contributed by atoms with Gasteiger partial charge in [0.25, 0.3) is 0 Å². The summed E-state index contributed by atoms with van der Waals surface area (Å²) in [6.45, 7) is 0.0786. The highest BCUT2D eigenvalue weighted by Gasteiger charge is 2.33. The van der Waals surface area contributed by atoms with E-state index in [0.717, 1.165) is 33.4 Å². The second-order valence-electron chi connectivity index (χ2n) is 11.3. The number of carboxylic acid groups (broad SMARTS) is 1. The maximum atomic E-state index is 12.8. The van der Waals surface area contributed by atoms with Crippen LogP contribution in [0.4, 0.5) is 0 Å². The van der Waals surface area contributed by atoms with Crippen molar-refractivity contribution in [3.63, 3.8) is 0 Å². The third kappa shape index (κ3) is 8.19. The number of hydrogen-bond donors (Lipinski definition) is 3. The number of aliphatic hydroxyl groups excluding tert-OH is 1. The number of benzene rings is 4. The standard InChI is InChI=1S/C37H34N2O7S2/c40-23-25-14-16-27(17-15-25)34-21-31(24-47-35-33(36(41)42)13-6-18-38-35)45-37(46-34)30-10-5-9-29(20-30)28-8-4-7-26(19-28)22-39-48(43,44)32-11-2-1-3-12-32/h1-20,31,34,37,39-40H,21-24H2,(H,41,42)/t31-,34+,37+/m1/s1. The van der Waals surface area contributed by atoms with Crippen LogP contribution in [0.3, 0.4) is 0 Å². The first-order valence-electron chi connectivity index (χ1n) is 15.3. The third-order valence-electron chi connectivity index (χ3n) is 7.96. The fraction of sp³-hybridized carbons (Fsp3) is 0.189. The summed E-state index contributed by atoms with van der Waals surface area (Å²) in [7, 11) is -3.65. The van der Waals surface area contributed by atoms with Crippen molar-refractivity contribution in [2.24, 2.45) is 0 Å². The molecule has 0 unspecified atom stereocenters. The van der Waals surface area contributed by atoms with E-state index in [1.54, 1.807) is 42.6 Å². The van der Waals surface area contributed by atoms with Crippen LogP contribution in [0.25, 0.3) is 11.1 Å². The Balaban J connectivity index is 1.22. The molecule has 1 aliphatic heterocycles.